The molecule has 1 fully saturated rings. The topological polar surface area (TPSA) is 43.9 Å². The molecule has 4 nitrogen and oxygen atoms in total. The van der Waals surface area contributed by atoms with Crippen LogP contribution >= 0.6 is 0 Å². The molecule has 0 N–H and O–H groups in total. The molecule has 0 bridgehead atoms. The first-order chi connectivity index (χ1) is 12.2. The summed E-state index contributed by atoms with van der Waals surface area (Å²) >= 11 is 0. The number of aryl methyl sites for hydroxylation is 1. The molecule has 1 aliphatic rings. The van der Waals surface area contributed by atoms with E-state index in [1.807, 2.05) is 48.0 Å². The fourth-order valence-corrected chi connectivity index (χ4v) is 3.24. The Kier molecular flexibility index (Phi) is 3.04. The van der Waals surface area contributed by atoms with Gasteiger partial charge in [0.1, 0.15) is 5.82 Å². The fraction of sp³-hybridized carbons (Fsp3) is 0.200. The van der Waals surface area contributed by atoms with Crippen molar-refractivity contribution in [2.45, 2.75) is 25.7 Å². The molecule has 25 heavy (non-hydrogen) atoms. The van der Waals surface area contributed by atoms with Crippen molar-refractivity contribution in [1.29, 1.82) is 0 Å². The Morgan fingerprint density at radius 3 is 2.84 bits per heavy atom. The van der Waals surface area contributed by atoms with E-state index >= 15 is 0 Å². The minimum absolute atomic E-state index is 0.207. The summed E-state index contributed by atoms with van der Waals surface area (Å²) in [6, 6.07) is 13.0. The zero-order valence-electron chi connectivity index (χ0n) is 13.7. The van der Waals surface area contributed by atoms with Crippen LogP contribution in [0.15, 0.2) is 53.1 Å². The van der Waals surface area contributed by atoms with Crippen LogP contribution in [0.4, 0.5) is 4.39 Å². The van der Waals surface area contributed by atoms with E-state index in [4.69, 9.17) is 4.42 Å². The summed E-state index contributed by atoms with van der Waals surface area (Å²) in [5.74, 6) is 1.48. The zero-order valence-corrected chi connectivity index (χ0v) is 13.7. The molecule has 124 valence electrons. The van der Waals surface area contributed by atoms with Gasteiger partial charge in [-0.05, 0) is 55.7 Å². The minimum Gasteiger partial charge on any atom is -0.420 e. The summed E-state index contributed by atoms with van der Waals surface area (Å²) in [5, 5.41) is 8.95. The van der Waals surface area contributed by atoms with Crippen molar-refractivity contribution in [3.8, 4) is 17.1 Å². The Morgan fingerprint density at radius 2 is 2.00 bits per heavy atom. The van der Waals surface area contributed by atoms with Crippen molar-refractivity contribution >= 4 is 10.9 Å². The molecule has 1 saturated carbocycles. The lowest BCUT2D eigenvalue weighted by molar-refractivity contribution is 0.508. The zero-order chi connectivity index (χ0) is 17.0. The van der Waals surface area contributed by atoms with Gasteiger partial charge in [-0.3, -0.25) is 0 Å². The van der Waals surface area contributed by atoms with Crippen LogP contribution in [-0.4, -0.2) is 14.8 Å². The lowest BCUT2D eigenvalue weighted by Gasteiger charge is -2.09. The third-order valence-electron chi connectivity index (χ3n) is 4.74. The monoisotopic (exact) mass is 333 g/mol. The summed E-state index contributed by atoms with van der Waals surface area (Å²) in [7, 11) is 0. The van der Waals surface area contributed by atoms with E-state index in [9.17, 15) is 4.39 Å². The van der Waals surface area contributed by atoms with Crippen LogP contribution in [0.2, 0.25) is 0 Å². The van der Waals surface area contributed by atoms with E-state index < -0.39 is 0 Å². The van der Waals surface area contributed by atoms with Crippen LogP contribution in [0.5, 0.6) is 0 Å². The van der Waals surface area contributed by atoms with Gasteiger partial charge in [-0.2, -0.15) is 0 Å². The average molecular weight is 333 g/mol. The molecule has 0 saturated heterocycles. The second-order valence-corrected chi connectivity index (χ2v) is 6.58. The van der Waals surface area contributed by atoms with Gasteiger partial charge in [-0.15, -0.1) is 10.2 Å². The maximum absolute atomic E-state index is 14.1. The highest BCUT2D eigenvalue weighted by Gasteiger charge is 2.29. The molecule has 2 heterocycles. The van der Waals surface area contributed by atoms with Crippen LogP contribution in [0, 0.1) is 12.7 Å². The normalized spacial score (nSPS) is 14.3. The van der Waals surface area contributed by atoms with E-state index in [1.54, 1.807) is 6.07 Å². The molecule has 0 atom stereocenters. The smallest absolute Gasteiger partial charge is 0.247 e. The Hall–Kier alpha value is -2.95. The Balaban J connectivity index is 1.62. The lowest BCUT2D eigenvalue weighted by Crippen LogP contribution is -1.95. The van der Waals surface area contributed by atoms with Gasteiger partial charge in [0.2, 0.25) is 11.8 Å². The van der Waals surface area contributed by atoms with E-state index in [-0.39, 0.29) is 5.82 Å². The van der Waals surface area contributed by atoms with Gasteiger partial charge in [-0.1, -0.05) is 12.1 Å². The van der Waals surface area contributed by atoms with Crippen LogP contribution in [-0.2, 0) is 0 Å². The van der Waals surface area contributed by atoms with E-state index in [0.29, 0.717) is 17.2 Å². The van der Waals surface area contributed by atoms with Gasteiger partial charge < -0.3 is 8.98 Å². The van der Waals surface area contributed by atoms with Crippen molar-refractivity contribution in [2.75, 3.05) is 0 Å². The molecule has 5 rings (SSSR count). The Morgan fingerprint density at radius 1 is 1.12 bits per heavy atom. The predicted molar refractivity (Wildman–Crippen MR) is 93.2 cm³/mol. The third-order valence-corrected chi connectivity index (χ3v) is 4.74. The number of halogens is 1. The summed E-state index contributed by atoms with van der Waals surface area (Å²) in [6.07, 6.45) is 4.15. The first-order valence-corrected chi connectivity index (χ1v) is 8.41. The van der Waals surface area contributed by atoms with E-state index in [1.165, 1.54) is 6.07 Å². The number of aromatic nitrogens is 3. The standard InChI is InChI=1S/C20H16FN3O/c1-12-5-8-17(21)16-9-10-24(18(12)16)15-4-2-3-14(11-15)20-23-22-19(25-20)13-6-7-13/h2-5,8-11,13H,6-7H2,1H3. The summed E-state index contributed by atoms with van der Waals surface area (Å²) in [5.41, 5.74) is 3.71. The van der Waals surface area contributed by atoms with Crippen molar-refractivity contribution in [3.05, 3.63) is 65.9 Å². The SMILES string of the molecule is Cc1ccc(F)c2ccn(-c3cccc(-c4nnc(C5CC5)o4)c3)c12. The van der Waals surface area contributed by atoms with Crippen LogP contribution in [0.3, 0.4) is 0 Å². The molecular formula is C20H16FN3O. The Labute approximate surface area is 143 Å². The highest BCUT2D eigenvalue weighted by molar-refractivity contribution is 5.85. The molecule has 1 aliphatic carbocycles. The van der Waals surface area contributed by atoms with Crippen molar-refractivity contribution in [1.82, 2.24) is 14.8 Å². The van der Waals surface area contributed by atoms with Gasteiger partial charge in [0.25, 0.3) is 0 Å². The third kappa shape index (κ3) is 2.35. The van der Waals surface area contributed by atoms with Gasteiger partial charge >= 0.3 is 0 Å². The number of hydrogen-bond donors (Lipinski definition) is 0. The summed E-state index contributed by atoms with van der Waals surface area (Å²) in [4.78, 5) is 0. The lowest BCUT2D eigenvalue weighted by atomic mass is 10.1. The van der Waals surface area contributed by atoms with Crippen LogP contribution in [0.1, 0.15) is 30.2 Å². The van der Waals surface area contributed by atoms with Crippen molar-refractivity contribution < 1.29 is 8.81 Å². The number of benzene rings is 2. The second-order valence-electron chi connectivity index (χ2n) is 6.58. The van der Waals surface area contributed by atoms with Gasteiger partial charge in [-0.25, -0.2) is 4.39 Å². The highest BCUT2D eigenvalue weighted by atomic mass is 19.1. The summed E-state index contributed by atoms with van der Waals surface area (Å²) in [6.45, 7) is 1.99. The molecule has 0 aliphatic heterocycles. The van der Waals surface area contributed by atoms with Gasteiger partial charge in [0, 0.05) is 28.8 Å². The number of nitrogens with zero attached hydrogens (tertiary/aromatic N) is 3. The molecule has 2 aromatic heterocycles. The molecule has 0 amide bonds. The molecule has 0 spiro atoms. The number of hydrogen-bond acceptors (Lipinski definition) is 3. The summed E-state index contributed by atoms with van der Waals surface area (Å²) < 4.78 is 21.9. The minimum atomic E-state index is -0.207. The quantitative estimate of drug-likeness (QED) is 0.529. The molecule has 4 aromatic rings. The van der Waals surface area contributed by atoms with Crippen LogP contribution in [0.25, 0.3) is 28.0 Å². The van der Waals surface area contributed by atoms with Crippen molar-refractivity contribution in [2.24, 2.45) is 0 Å². The van der Waals surface area contributed by atoms with Gasteiger partial charge in [0.05, 0.1) is 5.52 Å². The average Bonchev–Trinajstić information content (AvgIpc) is 3.19. The number of rotatable bonds is 3. The van der Waals surface area contributed by atoms with E-state index in [2.05, 4.69) is 10.2 Å². The molecular weight excluding hydrogens is 317 g/mol. The molecule has 0 unspecified atom stereocenters. The van der Waals surface area contributed by atoms with E-state index in [0.717, 1.165) is 41.1 Å². The van der Waals surface area contributed by atoms with Crippen molar-refractivity contribution in [3.63, 3.8) is 0 Å². The first kappa shape index (κ1) is 14.4. The molecule has 2 aromatic carbocycles. The van der Waals surface area contributed by atoms with Gasteiger partial charge in [0.15, 0.2) is 0 Å². The second kappa shape index (κ2) is 5.28. The largest absolute Gasteiger partial charge is 0.420 e. The first-order valence-electron chi connectivity index (χ1n) is 8.41. The maximum Gasteiger partial charge on any atom is 0.247 e. The predicted octanol–water partition coefficient (Wildman–Crippen LogP) is 5.01. The fourth-order valence-electron chi connectivity index (χ4n) is 3.24. The highest BCUT2D eigenvalue weighted by Crippen LogP contribution is 2.40. The number of fused-ring (bicyclic) bond motifs is 1. The molecule has 0 radical (unpaired) electrons. The van der Waals surface area contributed by atoms with Crippen LogP contribution < -0.4 is 0 Å². The maximum atomic E-state index is 14.1. The molecule has 5 heteroatoms. The Bertz CT molecular complexity index is 1090.